The lowest BCUT2D eigenvalue weighted by atomic mass is 10.1. The van der Waals surface area contributed by atoms with E-state index < -0.39 is 16.0 Å². The van der Waals surface area contributed by atoms with Crippen LogP contribution >= 0.6 is 43.5 Å². The highest BCUT2D eigenvalue weighted by Crippen LogP contribution is 2.37. The number of nitrogens with one attached hydrogen (secondary N) is 1. The number of aryl methyl sites for hydroxylation is 1. The Morgan fingerprint density at radius 3 is 2.30 bits per heavy atom. The van der Waals surface area contributed by atoms with Crippen molar-refractivity contribution < 1.29 is 17.4 Å². The van der Waals surface area contributed by atoms with Crippen LogP contribution in [0.1, 0.15) is 11.1 Å². The van der Waals surface area contributed by atoms with E-state index in [1.807, 2.05) is 6.07 Å². The number of hydrogen-bond acceptors (Lipinski definition) is 5. The summed E-state index contributed by atoms with van der Waals surface area (Å²) in [6.45, 7) is 1.79. The van der Waals surface area contributed by atoms with E-state index in [9.17, 15) is 18.5 Å². The van der Waals surface area contributed by atoms with Crippen molar-refractivity contribution in [3.63, 3.8) is 0 Å². The Labute approximate surface area is 213 Å². The number of para-hydroxylation sites is 1. The third-order valence-corrected chi connectivity index (χ3v) is 7.11. The monoisotopic (exact) mass is 608 g/mol. The van der Waals surface area contributed by atoms with Gasteiger partial charge in [-0.1, -0.05) is 41.9 Å². The fraction of sp³-hybridized carbons (Fsp3) is 0.0435. The van der Waals surface area contributed by atoms with Crippen molar-refractivity contribution in [3.05, 3.63) is 91.3 Å². The van der Waals surface area contributed by atoms with E-state index in [0.717, 1.165) is 5.56 Å². The summed E-state index contributed by atoms with van der Waals surface area (Å²) in [6, 6.07) is 17.8. The van der Waals surface area contributed by atoms with E-state index >= 15 is 0 Å². The Morgan fingerprint density at radius 1 is 1.09 bits per heavy atom. The van der Waals surface area contributed by atoms with Crippen LogP contribution < -0.4 is 9.50 Å². The molecule has 0 aliphatic carbocycles. The molecule has 3 rings (SSSR count). The second kappa shape index (κ2) is 10.5. The van der Waals surface area contributed by atoms with Crippen LogP contribution in [0.3, 0.4) is 0 Å². The predicted octanol–water partition coefficient (Wildman–Crippen LogP) is 6.49. The molecule has 0 bridgehead atoms. The van der Waals surface area contributed by atoms with Crippen LogP contribution in [0.25, 0.3) is 6.08 Å². The maximum Gasteiger partial charge on any atom is 0.339 e. The van der Waals surface area contributed by atoms with Gasteiger partial charge in [-0.05, 0) is 86.3 Å². The molecule has 168 valence electrons. The zero-order chi connectivity index (χ0) is 24.2. The fourth-order valence-corrected chi connectivity index (χ4v) is 5.63. The molecule has 0 aliphatic rings. The zero-order valence-corrected chi connectivity index (χ0v) is 21.7. The summed E-state index contributed by atoms with van der Waals surface area (Å²) in [4.78, 5) is 12.7. The molecule has 1 amide bonds. The van der Waals surface area contributed by atoms with Crippen molar-refractivity contribution in [2.45, 2.75) is 11.8 Å². The lowest BCUT2D eigenvalue weighted by Gasteiger charge is -2.12. The first-order chi connectivity index (χ1) is 15.6. The van der Waals surface area contributed by atoms with Gasteiger partial charge in [-0.2, -0.15) is 13.7 Å². The molecule has 6 nitrogen and oxygen atoms in total. The molecule has 0 radical (unpaired) electrons. The number of halogens is 3. The maximum absolute atomic E-state index is 12.6. The van der Waals surface area contributed by atoms with Gasteiger partial charge in [-0.15, -0.1) is 0 Å². The Balaban J connectivity index is 1.89. The number of benzene rings is 3. The molecule has 0 unspecified atom stereocenters. The van der Waals surface area contributed by atoms with Crippen LogP contribution in [0.15, 0.2) is 80.1 Å². The van der Waals surface area contributed by atoms with Gasteiger partial charge in [0.1, 0.15) is 16.5 Å². The predicted molar refractivity (Wildman–Crippen MR) is 135 cm³/mol. The van der Waals surface area contributed by atoms with E-state index in [0.29, 0.717) is 25.2 Å². The molecule has 0 spiro atoms. The average Bonchev–Trinajstić information content (AvgIpc) is 2.77. The Hall–Kier alpha value is -2.64. The van der Waals surface area contributed by atoms with Gasteiger partial charge in [0.15, 0.2) is 5.75 Å². The summed E-state index contributed by atoms with van der Waals surface area (Å²) in [6.07, 6.45) is 1.37. The third-order valence-electron chi connectivity index (χ3n) is 4.38. The van der Waals surface area contributed by atoms with Crippen LogP contribution in [0.4, 0.5) is 5.69 Å². The van der Waals surface area contributed by atoms with Crippen molar-refractivity contribution in [1.29, 1.82) is 5.26 Å². The van der Waals surface area contributed by atoms with E-state index in [4.69, 9.17) is 15.8 Å². The van der Waals surface area contributed by atoms with Crippen molar-refractivity contribution in [1.82, 2.24) is 0 Å². The summed E-state index contributed by atoms with van der Waals surface area (Å²) in [5.41, 5.74) is 1.46. The highest BCUT2D eigenvalue weighted by atomic mass is 79.9. The summed E-state index contributed by atoms with van der Waals surface area (Å²) in [5, 5.41) is 12.5. The molecule has 0 saturated carbocycles. The van der Waals surface area contributed by atoms with Gasteiger partial charge >= 0.3 is 10.1 Å². The molecule has 0 fully saturated rings. The number of anilines is 1. The van der Waals surface area contributed by atoms with Crippen LogP contribution in [0.2, 0.25) is 5.02 Å². The van der Waals surface area contributed by atoms with Gasteiger partial charge in [-0.25, -0.2) is 0 Å². The number of amides is 1. The lowest BCUT2D eigenvalue weighted by molar-refractivity contribution is -0.112. The van der Waals surface area contributed by atoms with Crippen LogP contribution in [0, 0.1) is 18.3 Å². The van der Waals surface area contributed by atoms with E-state index in [1.54, 1.807) is 43.3 Å². The minimum atomic E-state index is -4.06. The Morgan fingerprint density at radius 2 is 1.73 bits per heavy atom. The van der Waals surface area contributed by atoms with Crippen LogP contribution in [0.5, 0.6) is 5.75 Å². The Kier molecular flexibility index (Phi) is 7.97. The number of nitrogens with zero attached hydrogens (tertiary/aromatic N) is 1. The van der Waals surface area contributed by atoms with Crippen molar-refractivity contribution in [2.24, 2.45) is 0 Å². The first-order valence-corrected chi connectivity index (χ1v) is 12.7. The summed E-state index contributed by atoms with van der Waals surface area (Å²) in [5.74, 6) is -0.599. The first kappa shape index (κ1) is 25.0. The van der Waals surface area contributed by atoms with Crippen molar-refractivity contribution in [3.8, 4) is 11.8 Å². The van der Waals surface area contributed by atoms with Gasteiger partial charge in [0.05, 0.1) is 19.7 Å². The SMILES string of the molecule is Cc1cccc(Cl)c1NC(=O)/C(C#N)=C/c1cc(Br)c(OS(=O)(=O)c2ccccc2)c(Br)c1. The van der Waals surface area contributed by atoms with E-state index in [2.05, 4.69) is 37.2 Å². The van der Waals surface area contributed by atoms with Gasteiger partial charge in [0, 0.05) is 0 Å². The number of nitriles is 1. The average molecular weight is 611 g/mol. The van der Waals surface area contributed by atoms with Gasteiger partial charge < -0.3 is 9.50 Å². The summed E-state index contributed by atoms with van der Waals surface area (Å²) in [7, 11) is -4.06. The standard InChI is InChI=1S/C23H15Br2ClN2O4S/c1-14-6-5-9-20(26)21(14)28-23(29)16(13-27)10-15-11-18(24)22(19(25)12-15)32-33(30,31)17-7-3-2-4-8-17/h2-12H,1H3,(H,28,29)/b16-10+. The third kappa shape index (κ3) is 6.03. The molecule has 0 heterocycles. The van der Waals surface area contributed by atoms with Crippen molar-refractivity contribution in [2.75, 3.05) is 5.32 Å². The van der Waals surface area contributed by atoms with Gasteiger partial charge in [0.25, 0.3) is 5.91 Å². The molecular weight excluding hydrogens is 596 g/mol. The molecule has 33 heavy (non-hydrogen) atoms. The number of hydrogen-bond donors (Lipinski definition) is 1. The topological polar surface area (TPSA) is 96.3 Å². The van der Waals surface area contributed by atoms with Gasteiger partial charge in [0.2, 0.25) is 0 Å². The minimum absolute atomic E-state index is 0.00563. The quantitative estimate of drug-likeness (QED) is 0.196. The van der Waals surface area contributed by atoms with Crippen molar-refractivity contribution >= 4 is 71.2 Å². The molecule has 1 N–H and O–H groups in total. The highest BCUT2D eigenvalue weighted by Gasteiger charge is 2.21. The number of carbonyl (C=O) groups excluding carboxylic acids is 1. The second-order valence-electron chi connectivity index (χ2n) is 6.72. The van der Waals surface area contributed by atoms with Crippen LogP contribution in [-0.4, -0.2) is 14.3 Å². The van der Waals surface area contributed by atoms with E-state index in [-0.39, 0.29) is 16.2 Å². The summed E-state index contributed by atoms with van der Waals surface area (Å²) < 4.78 is 31.0. The molecule has 0 atom stereocenters. The first-order valence-electron chi connectivity index (χ1n) is 9.29. The number of carbonyl (C=O) groups is 1. The fourth-order valence-electron chi connectivity index (χ4n) is 2.77. The highest BCUT2D eigenvalue weighted by molar-refractivity contribution is 9.11. The summed E-state index contributed by atoms with van der Waals surface area (Å²) >= 11 is 12.7. The van der Waals surface area contributed by atoms with Crippen LogP contribution in [-0.2, 0) is 14.9 Å². The van der Waals surface area contributed by atoms with E-state index in [1.165, 1.54) is 30.3 Å². The molecule has 3 aromatic rings. The largest absolute Gasteiger partial charge is 0.377 e. The minimum Gasteiger partial charge on any atom is -0.377 e. The Bertz CT molecular complexity index is 1360. The maximum atomic E-state index is 12.6. The zero-order valence-electron chi connectivity index (χ0n) is 17.0. The molecule has 0 aliphatic heterocycles. The second-order valence-corrected chi connectivity index (χ2v) is 10.4. The smallest absolute Gasteiger partial charge is 0.339 e. The molecule has 0 aromatic heterocycles. The number of rotatable bonds is 6. The molecule has 10 heteroatoms. The van der Waals surface area contributed by atoms with Gasteiger partial charge in [-0.3, -0.25) is 4.79 Å². The molecular formula is C23H15Br2ClN2O4S. The lowest BCUT2D eigenvalue weighted by Crippen LogP contribution is -2.14. The molecule has 0 saturated heterocycles. The normalized spacial score (nSPS) is 11.5. The molecule has 3 aromatic carbocycles.